The first-order chi connectivity index (χ1) is 7.16. The highest BCUT2D eigenvalue weighted by atomic mass is 19.1. The van der Waals surface area contributed by atoms with Crippen LogP contribution in [0.3, 0.4) is 0 Å². The van der Waals surface area contributed by atoms with Crippen LogP contribution < -0.4 is 5.32 Å². The summed E-state index contributed by atoms with van der Waals surface area (Å²) in [6.07, 6.45) is 3.12. The molecule has 0 saturated carbocycles. The number of hydrogen-bond acceptors (Lipinski definition) is 1. The Morgan fingerprint density at radius 2 is 2.00 bits per heavy atom. The quantitative estimate of drug-likeness (QED) is 0.738. The summed E-state index contributed by atoms with van der Waals surface area (Å²) in [6.45, 7) is 6.09. The molecule has 0 aliphatic carbocycles. The summed E-state index contributed by atoms with van der Waals surface area (Å²) in [5, 5.41) is 3.25. The van der Waals surface area contributed by atoms with E-state index in [9.17, 15) is 4.39 Å². The molecule has 0 bridgehead atoms. The van der Waals surface area contributed by atoms with Crippen molar-refractivity contribution in [2.75, 3.05) is 0 Å². The van der Waals surface area contributed by atoms with E-state index in [1.165, 1.54) is 12.1 Å². The Kier molecular flexibility index (Phi) is 2.58. The molecule has 0 fully saturated rings. The topological polar surface area (TPSA) is 12.0 Å². The van der Waals surface area contributed by atoms with Crippen molar-refractivity contribution in [3.05, 3.63) is 54.0 Å². The van der Waals surface area contributed by atoms with E-state index in [0.717, 1.165) is 23.4 Å². The van der Waals surface area contributed by atoms with Gasteiger partial charge in [0, 0.05) is 11.4 Å². The molecule has 0 radical (unpaired) electrons. The lowest BCUT2D eigenvalue weighted by molar-refractivity contribution is 0.626. The zero-order valence-electron chi connectivity index (χ0n) is 8.76. The number of nitrogens with one attached hydrogen (secondary N) is 1. The van der Waals surface area contributed by atoms with Crippen molar-refractivity contribution in [1.82, 2.24) is 5.32 Å². The van der Waals surface area contributed by atoms with E-state index in [1.54, 1.807) is 12.1 Å². The molecule has 1 atom stereocenters. The summed E-state index contributed by atoms with van der Waals surface area (Å²) in [6, 6.07) is 6.49. The zero-order valence-corrected chi connectivity index (χ0v) is 8.76. The minimum absolute atomic E-state index is 0.206. The predicted octanol–water partition coefficient (Wildman–Crippen LogP) is 3.31. The Balaban J connectivity index is 2.25. The molecular weight excluding hydrogens is 189 g/mol. The van der Waals surface area contributed by atoms with Gasteiger partial charge in [-0.15, -0.1) is 0 Å². The van der Waals surface area contributed by atoms with Crippen molar-refractivity contribution in [3.63, 3.8) is 0 Å². The molecule has 1 unspecified atom stereocenters. The lowest BCUT2D eigenvalue weighted by Crippen LogP contribution is -2.20. The van der Waals surface area contributed by atoms with Crippen molar-refractivity contribution in [2.45, 2.75) is 13.3 Å². The average Bonchev–Trinajstić information content (AvgIpc) is 2.23. The van der Waals surface area contributed by atoms with Crippen LogP contribution in [-0.4, -0.2) is 0 Å². The highest BCUT2D eigenvalue weighted by Crippen LogP contribution is 2.24. The maximum atomic E-state index is 12.7. The van der Waals surface area contributed by atoms with Gasteiger partial charge in [0.2, 0.25) is 0 Å². The van der Waals surface area contributed by atoms with Crippen LogP contribution in [0.15, 0.2) is 42.6 Å². The van der Waals surface area contributed by atoms with Gasteiger partial charge in [0.25, 0.3) is 0 Å². The normalized spacial score (nSPS) is 20.8. The van der Waals surface area contributed by atoms with E-state index < -0.39 is 0 Å². The van der Waals surface area contributed by atoms with E-state index in [2.05, 4.69) is 24.9 Å². The molecule has 78 valence electrons. The highest BCUT2D eigenvalue weighted by Gasteiger charge is 2.13. The molecule has 0 aromatic heterocycles. The summed E-state index contributed by atoms with van der Waals surface area (Å²) in [4.78, 5) is 0. The van der Waals surface area contributed by atoms with Gasteiger partial charge in [-0.2, -0.15) is 0 Å². The van der Waals surface area contributed by atoms with Gasteiger partial charge in [-0.1, -0.05) is 31.7 Å². The average molecular weight is 203 g/mol. The molecule has 15 heavy (non-hydrogen) atoms. The van der Waals surface area contributed by atoms with Gasteiger partial charge >= 0.3 is 0 Å². The SMILES string of the molecule is C=C1NC(c2ccc(F)cc2)=CCC1C. The van der Waals surface area contributed by atoms with E-state index in [1.807, 2.05) is 0 Å². The second-order valence-electron chi connectivity index (χ2n) is 3.91. The molecule has 0 saturated heterocycles. The van der Waals surface area contributed by atoms with Gasteiger partial charge in [0.1, 0.15) is 5.82 Å². The van der Waals surface area contributed by atoms with Crippen LogP contribution in [0.2, 0.25) is 0 Å². The zero-order chi connectivity index (χ0) is 10.8. The van der Waals surface area contributed by atoms with Crippen molar-refractivity contribution >= 4 is 5.70 Å². The van der Waals surface area contributed by atoms with Crippen molar-refractivity contribution < 1.29 is 4.39 Å². The van der Waals surface area contributed by atoms with Gasteiger partial charge in [-0.05, 0) is 30.0 Å². The minimum atomic E-state index is -0.206. The lowest BCUT2D eigenvalue weighted by Gasteiger charge is -2.23. The maximum Gasteiger partial charge on any atom is 0.123 e. The summed E-state index contributed by atoms with van der Waals surface area (Å²) in [7, 11) is 0. The smallest absolute Gasteiger partial charge is 0.123 e. The third-order valence-electron chi connectivity index (χ3n) is 2.72. The maximum absolute atomic E-state index is 12.7. The minimum Gasteiger partial charge on any atom is -0.359 e. The fourth-order valence-corrected chi connectivity index (χ4v) is 1.60. The summed E-state index contributed by atoms with van der Waals surface area (Å²) >= 11 is 0. The first kappa shape index (κ1) is 9.97. The fourth-order valence-electron chi connectivity index (χ4n) is 1.60. The molecule has 1 aliphatic rings. The van der Waals surface area contributed by atoms with Crippen LogP contribution in [-0.2, 0) is 0 Å². The predicted molar refractivity (Wildman–Crippen MR) is 60.4 cm³/mol. The van der Waals surface area contributed by atoms with Crippen molar-refractivity contribution in [2.24, 2.45) is 5.92 Å². The van der Waals surface area contributed by atoms with Crippen LogP contribution >= 0.6 is 0 Å². The number of benzene rings is 1. The molecule has 0 spiro atoms. The molecule has 2 heteroatoms. The standard InChI is InChI=1S/C13H14FN/c1-9-3-8-13(15-10(9)2)11-4-6-12(14)7-5-11/h4-9,15H,2-3H2,1H3. The third-order valence-corrected chi connectivity index (χ3v) is 2.72. The van der Waals surface area contributed by atoms with Crippen LogP contribution in [0.5, 0.6) is 0 Å². The Bertz CT molecular complexity index is 403. The number of allylic oxidation sites excluding steroid dienone is 2. The van der Waals surface area contributed by atoms with Gasteiger partial charge < -0.3 is 5.32 Å². The summed E-state index contributed by atoms with van der Waals surface area (Å²) in [5.41, 5.74) is 3.05. The molecule has 1 aromatic rings. The van der Waals surface area contributed by atoms with Gasteiger partial charge in [0.05, 0.1) is 0 Å². The monoisotopic (exact) mass is 203 g/mol. The first-order valence-electron chi connectivity index (χ1n) is 5.09. The van der Waals surface area contributed by atoms with Crippen molar-refractivity contribution in [1.29, 1.82) is 0 Å². The second kappa shape index (κ2) is 3.89. The van der Waals surface area contributed by atoms with Gasteiger partial charge in [-0.25, -0.2) is 4.39 Å². The fraction of sp³-hybridized carbons (Fsp3) is 0.231. The second-order valence-corrected chi connectivity index (χ2v) is 3.91. The number of hydrogen-bond donors (Lipinski definition) is 1. The Hall–Kier alpha value is -1.57. The Labute approximate surface area is 89.3 Å². The van der Waals surface area contributed by atoms with Gasteiger partial charge in [0.15, 0.2) is 0 Å². The molecule has 0 amide bonds. The highest BCUT2D eigenvalue weighted by molar-refractivity contribution is 5.66. The van der Waals surface area contributed by atoms with Gasteiger partial charge in [-0.3, -0.25) is 0 Å². The van der Waals surface area contributed by atoms with Crippen LogP contribution in [0, 0.1) is 11.7 Å². The molecule has 2 rings (SSSR count). The Morgan fingerprint density at radius 1 is 1.33 bits per heavy atom. The summed E-state index contributed by atoms with van der Waals surface area (Å²) in [5.74, 6) is 0.261. The van der Waals surface area contributed by atoms with E-state index >= 15 is 0 Å². The number of rotatable bonds is 1. The van der Waals surface area contributed by atoms with Crippen molar-refractivity contribution in [3.8, 4) is 0 Å². The molecule has 1 N–H and O–H groups in total. The third kappa shape index (κ3) is 2.09. The van der Waals surface area contributed by atoms with E-state index in [0.29, 0.717) is 5.92 Å². The first-order valence-corrected chi connectivity index (χ1v) is 5.09. The van der Waals surface area contributed by atoms with Crippen LogP contribution in [0.25, 0.3) is 5.70 Å². The summed E-state index contributed by atoms with van der Waals surface area (Å²) < 4.78 is 12.7. The number of halogens is 1. The Morgan fingerprint density at radius 3 is 2.60 bits per heavy atom. The van der Waals surface area contributed by atoms with E-state index in [-0.39, 0.29) is 5.82 Å². The van der Waals surface area contributed by atoms with Crippen LogP contribution in [0.4, 0.5) is 4.39 Å². The lowest BCUT2D eigenvalue weighted by atomic mass is 9.97. The molecular formula is C13H14FN. The largest absolute Gasteiger partial charge is 0.359 e. The molecule has 1 nitrogen and oxygen atoms in total. The molecule has 1 aromatic carbocycles. The van der Waals surface area contributed by atoms with Crippen LogP contribution in [0.1, 0.15) is 18.9 Å². The van der Waals surface area contributed by atoms with E-state index in [4.69, 9.17) is 0 Å². The molecule has 1 aliphatic heterocycles. The molecule has 1 heterocycles.